The summed E-state index contributed by atoms with van der Waals surface area (Å²) in [5.41, 5.74) is 9.84. The number of benzene rings is 2. The average molecular weight is 541 g/mol. The fourth-order valence-electron chi connectivity index (χ4n) is 5.39. The van der Waals surface area contributed by atoms with E-state index in [1.54, 1.807) is 6.20 Å². The van der Waals surface area contributed by atoms with Crippen LogP contribution in [0.25, 0.3) is 55.8 Å². The van der Waals surface area contributed by atoms with Crippen molar-refractivity contribution in [3.63, 3.8) is 0 Å². The zero-order valence-electron chi connectivity index (χ0n) is 23.1. The van der Waals surface area contributed by atoms with Crippen molar-refractivity contribution in [2.24, 2.45) is 0 Å². The molecule has 4 aromatic heterocycles. The maximum atomic E-state index is 5.03. The maximum Gasteiger partial charge on any atom is 0.145 e. The normalized spacial score (nSPS) is 14.0. The van der Waals surface area contributed by atoms with E-state index in [9.17, 15) is 0 Å². The zero-order chi connectivity index (χ0) is 28.3. The lowest BCUT2D eigenvalue weighted by molar-refractivity contribution is 1.13. The second kappa shape index (κ2) is 11.1. The van der Waals surface area contributed by atoms with Gasteiger partial charge in [-0.1, -0.05) is 85.5 Å². The number of pyridine rings is 3. The van der Waals surface area contributed by atoms with Crippen molar-refractivity contribution in [2.45, 2.75) is 6.42 Å². The van der Waals surface area contributed by atoms with E-state index in [1.165, 1.54) is 11.0 Å². The number of aromatic nitrogens is 4. The van der Waals surface area contributed by atoms with Crippen LogP contribution >= 0.6 is 0 Å². The molecule has 4 heterocycles. The Bertz CT molecular complexity index is 2000. The van der Waals surface area contributed by atoms with Gasteiger partial charge in [0.1, 0.15) is 5.65 Å². The zero-order valence-corrected chi connectivity index (χ0v) is 23.1. The second-order valence-corrected chi connectivity index (χ2v) is 10.2. The highest BCUT2D eigenvalue weighted by Crippen LogP contribution is 2.32. The summed E-state index contributed by atoms with van der Waals surface area (Å²) in [6.45, 7) is 4.38. The molecular formula is C38H28N4. The Hall–Kier alpha value is -5.61. The van der Waals surface area contributed by atoms with Crippen molar-refractivity contribution < 1.29 is 0 Å². The predicted octanol–water partition coefficient (Wildman–Crippen LogP) is 9.31. The number of fused-ring (bicyclic) bond motifs is 3. The molecule has 2 aromatic carbocycles. The summed E-state index contributed by atoms with van der Waals surface area (Å²) in [5.74, 6) is 0. The number of para-hydroxylation sites is 1. The molecule has 0 saturated heterocycles. The van der Waals surface area contributed by atoms with Crippen LogP contribution in [0.1, 0.15) is 12.0 Å². The maximum absolute atomic E-state index is 5.03. The van der Waals surface area contributed by atoms with E-state index in [0.717, 1.165) is 62.4 Å². The lowest BCUT2D eigenvalue weighted by Crippen LogP contribution is -1.96. The van der Waals surface area contributed by atoms with Crippen LogP contribution in [0.3, 0.4) is 0 Å². The third-order valence-electron chi connectivity index (χ3n) is 7.50. The minimum atomic E-state index is 0.812. The van der Waals surface area contributed by atoms with Gasteiger partial charge in [-0.05, 0) is 77.7 Å². The number of rotatable bonds is 6. The van der Waals surface area contributed by atoms with Gasteiger partial charge in [-0.25, -0.2) is 9.97 Å². The van der Waals surface area contributed by atoms with E-state index in [1.807, 2.05) is 30.5 Å². The summed E-state index contributed by atoms with van der Waals surface area (Å²) in [7, 11) is 0. The summed E-state index contributed by atoms with van der Waals surface area (Å²) in [6, 6.07) is 31.1. The van der Waals surface area contributed by atoms with E-state index in [0.29, 0.717) is 0 Å². The fraction of sp³-hybridized carbons (Fsp3) is 0.0263. The van der Waals surface area contributed by atoms with Gasteiger partial charge in [-0.15, -0.1) is 0 Å². The largest absolute Gasteiger partial charge is 0.294 e. The van der Waals surface area contributed by atoms with Gasteiger partial charge in [-0.2, -0.15) is 0 Å². The molecule has 0 saturated carbocycles. The SMILES string of the molecule is C=C(/C=C\C=C1\C=CC=CC1)c1cc(-c2ccc(-n3c4ccccc4c4cccnc43)cc2)nc(-c2ccccn2)c1. The molecule has 42 heavy (non-hydrogen) atoms. The molecule has 0 amide bonds. The van der Waals surface area contributed by atoms with Gasteiger partial charge in [0.05, 0.1) is 22.6 Å². The van der Waals surface area contributed by atoms with Crippen molar-refractivity contribution in [1.82, 2.24) is 19.5 Å². The third kappa shape index (κ3) is 4.91. The highest BCUT2D eigenvalue weighted by Gasteiger charge is 2.14. The first-order valence-electron chi connectivity index (χ1n) is 14.0. The van der Waals surface area contributed by atoms with E-state index >= 15 is 0 Å². The molecule has 1 aliphatic carbocycles. The first kappa shape index (κ1) is 25.4. The van der Waals surface area contributed by atoms with Gasteiger partial charge in [0.2, 0.25) is 0 Å². The summed E-state index contributed by atoms with van der Waals surface area (Å²) in [6.07, 6.45) is 19.3. The number of hydrogen-bond acceptors (Lipinski definition) is 3. The molecular weight excluding hydrogens is 512 g/mol. The number of allylic oxidation sites excluding steroid dienone is 9. The van der Waals surface area contributed by atoms with Gasteiger partial charge in [-0.3, -0.25) is 9.55 Å². The summed E-state index contributed by atoms with van der Waals surface area (Å²) < 4.78 is 2.22. The van der Waals surface area contributed by atoms with Crippen LogP contribution in [-0.2, 0) is 0 Å². The Balaban J connectivity index is 1.27. The topological polar surface area (TPSA) is 43.6 Å². The fourth-order valence-corrected chi connectivity index (χ4v) is 5.39. The molecule has 0 spiro atoms. The highest BCUT2D eigenvalue weighted by atomic mass is 15.0. The van der Waals surface area contributed by atoms with Crippen molar-refractivity contribution in [1.29, 1.82) is 0 Å². The smallest absolute Gasteiger partial charge is 0.145 e. The quantitative estimate of drug-likeness (QED) is 0.198. The lowest BCUT2D eigenvalue weighted by Gasteiger charge is -2.11. The molecule has 0 aliphatic heterocycles. The monoisotopic (exact) mass is 540 g/mol. The molecule has 0 bridgehead atoms. The van der Waals surface area contributed by atoms with Crippen LogP contribution in [0.15, 0.2) is 158 Å². The van der Waals surface area contributed by atoms with E-state index < -0.39 is 0 Å². The molecule has 200 valence electrons. The van der Waals surface area contributed by atoms with Crippen LogP contribution < -0.4 is 0 Å². The number of hydrogen-bond donors (Lipinski definition) is 0. The Morgan fingerprint density at radius 3 is 2.40 bits per heavy atom. The van der Waals surface area contributed by atoms with Gasteiger partial charge in [0.15, 0.2) is 0 Å². The lowest BCUT2D eigenvalue weighted by atomic mass is 10.0. The Labute approximate surface area is 245 Å². The van der Waals surface area contributed by atoms with Gasteiger partial charge >= 0.3 is 0 Å². The Morgan fingerprint density at radius 1 is 0.762 bits per heavy atom. The first-order chi connectivity index (χ1) is 20.7. The van der Waals surface area contributed by atoms with Crippen LogP contribution in [0.2, 0.25) is 0 Å². The second-order valence-electron chi connectivity index (χ2n) is 10.2. The van der Waals surface area contributed by atoms with Crippen LogP contribution in [0.4, 0.5) is 0 Å². The molecule has 0 N–H and O–H groups in total. The predicted molar refractivity (Wildman–Crippen MR) is 174 cm³/mol. The summed E-state index contributed by atoms with van der Waals surface area (Å²) in [5, 5.41) is 2.34. The van der Waals surface area contributed by atoms with Crippen LogP contribution in [0.5, 0.6) is 0 Å². The molecule has 4 heteroatoms. The average Bonchev–Trinajstić information content (AvgIpc) is 3.40. The standard InChI is InChI=1S/C38H28N4/c1-27(11-9-14-28-12-3-2-4-13-28)30-25-35(41-36(26-30)34-17-7-8-23-39-34)29-19-21-31(22-20-29)42-37-18-6-5-15-32(37)33-16-10-24-40-38(33)42/h2-12,14-26H,1,13H2/b11-9-,28-14-. The Morgan fingerprint density at radius 2 is 1.57 bits per heavy atom. The van der Waals surface area contributed by atoms with Crippen LogP contribution in [-0.4, -0.2) is 19.5 Å². The molecule has 6 aromatic rings. The molecule has 0 atom stereocenters. The minimum absolute atomic E-state index is 0.812. The van der Waals surface area contributed by atoms with Gasteiger partial charge in [0, 0.05) is 34.4 Å². The van der Waals surface area contributed by atoms with E-state index in [4.69, 9.17) is 9.97 Å². The van der Waals surface area contributed by atoms with Crippen molar-refractivity contribution in [3.05, 3.63) is 164 Å². The van der Waals surface area contributed by atoms with Gasteiger partial charge < -0.3 is 0 Å². The Kier molecular flexibility index (Phi) is 6.71. The van der Waals surface area contributed by atoms with Crippen molar-refractivity contribution in [2.75, 3.05) is 0 Å². The first-order valence-corrected chi connectivity index (χ1v) is 14.0. The summed E-state index contributed by atoms with van der Waals surface area (Å²) >= 11 is 0. The highest BCUT2D eigenvalue weighted by molar-refractivity contribution is 6.07. The molecule has 4 nitrogen and oxygen atoms in total. The third-order valence-corrected chi connectivity index (χ3v) is 7.50. The molecule has 7 rings (SSSR count). The molecule has 0 radical (unpaired) electrons. The van der Waals surface area contributed by atoms with Crippen LogP contribution in [0, 0.1) is 0 Å². The number of nitrogens with zero attached hydrogens (tertiary/aromatic N) is 4. The minimum Gasteiger partial charge on any atom is -0.294 e. The van der Waals surface area contributed by atoms with Gasteiger partial charge in [0.25, 0.3) is 0 Å². The van der Waals surface area contributed by atoms with E-state index in [-0.39, 0.29) is 0 Å². The molecule has 1 aliphatic rings. The molecule has 0 unspecified atom stereocenters. The van der Waals surface area contributed by atoms with Crippen molar-refractivity contribution >= 4 is 27.5 Å². The molecule has 0 fully saturated rings. The summed E-state index contributed by atoms with van der Waals surface area (Å²) in [4.78, 5) is 14.3. The van der Waals surface area contributed by atoms with Crippen molar-refractivity contribution in [3.8, 4) is 28.3 Å². The van der Waals surface area contributed by atoms with E-state index in [2.05, 4.69) is 125 Å².